The van der Waals surface area contributed by atoms with Crippen molar-refractivity contribution in [1.29, 1.82) is 0 Å². The van der Waals surface area contributed by atoms with Crippen LogP contribution < -0.4 is 0 Å². The van der Waals surface area contributed by atoms with E-state index in [-0.39, 0.29) is 12.6 Å². The number of benzene rings is 2. The maximum atomic E-state index is 10.0. The quantitative estimate of drug-likeness (QED) is 0.909. The lowest BCUT2D eigenvalue weighted by Crippen LogP contribution is -2.40. The summed E-state index contributed by atoms with van der Waals surface area (Å²) in [4.78, 5) is 2.46. The van der Waals surface area contributed by atoms with E-state index in [1.807, 2.05) is 6.07 Å². The van der Waals surface area contributed by atoms with Crippen molar-refractivity contribution in [2.45, 2.75) is 38.3 Å². The second kappa shape index (κ2) is 6.64. The molecule has 0 unspecified atom stereocenters. The van der Waals surface area contributed by atoms with Crippen LogP contribution in [0.5, 0.6) is 0 Å². The van der Waals surface area contributed by atoms with Crippen LogP contribution in [0.2, 0.25) is 0 Å². The van der Waals surface area contributed by atoms with Crippen LogP contribution in [0.15, 0.2) is 54.6 Å². The van der Waals surface area contributed by atoms with E-state index < -0.39 is 0 Å². The summed E-state index contributed by atoms with van der Waals surface area (Å²) in [5, 5.41) is 10.0. The van der Waals surface area contributed by atoms with Gasteiger partial charge in [0.05, 0.1) is 12.6 Å². The smallest absolute Gasteiger partial charge is 0.0628 e. The van der Waals surface area contributed by atoms with Crippen LogP contribution >= 0.6 is 0 Å². The summed E-state index contributed by atoms with van der Waals surface area (Å²) >= 11 is 0. The number of rotatable bonds is 4. The van der Waals surface area contributed by atoms with Crippen LogP contribution in [-0.4, -0.2) is 23.2 Å². The molecule has 0 aromatic heterocycles. The number of fused-ring (bicyclic) bond motifs is 1. The van der Waals surface area contributed by atoms with Crippen molar-refractivity contribution in [1.82, 2.24) is 4.90 Å². The molecule has 0 saturated carbocycles. The van der Waals surface area contributed by atoms with Crippen LogP contribution in [0.25, 0.3) is 0 Å². The van der Waals surface area contributed by atoms with Crippen molar-refractivity contribution in [3.05, 3.63) is 71.3 Å². The minimum atomic E-state index is 0.0682. The highest BCUT2D eigenvalue weighted by Gasteiger charge is 2.33. The molecular formula is C20H25NO. The number of nitrogens with zero attached hydrogens (tertiary/aromatic N) is 1. The van der Waals surface area contributed by atoms with E-state index in [1.165, 1.54) is 16.7 Å². The van der Waals surface area contributed by atoms with Crippen molar-refractivity contribution in [2.24, 2.45) is 0 Å². The van der Waals surface area contributed by atoms with E-state index in [9.17, 15) is 5.11 Å². The molecule has 0 saturated heterocycles. The van der Waals surface area contributed by atoms with E-state index >= 15 is 0 Å². The Balaban J connectivity index is 1.98. The van der Waals surface area contributed by atoms with Crippen LogP contribution in [0.4, 0.5) is 0 Å². The number of aliphatic hydroxyl groups is 1. The zero-order chi connectivity index (χ0) is 15.5. The molecule has 3 atom stereocenters. The summed E-state index contributed by atoms with van der Waals surface area (Å²) in [6, 6.07) is 19.6. The minimum Gasteiger partial charge on any atom is -0.394 e. The molecular weight excluding hydrogens is 270 g/mol. The van der Waals surface area contributed by atoms with Gasteiger partial charge in [0.15, 0.2) is 0 Å². The predicted octanol–water partition coefficient (Wildman–Crippen LogP) is 4.29. The third kappa shape index (κ3) is 2.69. The second-order valence-corrected chi connectivity index (χ2v) is 6.22. The lowest BCUT2D eigenvalue weighted by Gasteiger charge is -2.43. The van der Waals surface area contributed by atoms with Gasteiger partial charge in [0.1, 0.15) is 0 Å². The minimum absolute atomic E-state index is 0.0682. The lowest BCUT2D eigenvalue weighted by atomic mass is 9.83. The standard InChI is InChI=1S/C20H25NO/c1-3-16-13-21(15(2)18-11-7-8-12-19(16)18)20(14-22)17-9-5-4-6-10-17/h4-12,15-16,20,22H,3,13-14H2,1-2H3/t15-,16-,20-/m0/s1. The Bertz CT molecular complexity index is 610. The lowest BCUT2D eigenvalue weighted by molar-refractivity contribution is 0.0718. The normalized spacial score (nSPS) is 23.0. The molecule has 1 N–H and O–H groups in total. The Hall–Kier alpha value is -1.64. The predicted molar refractivity (Wildman–Crippen MR) is 90.9 cm³/mol. The van der Waals surface area contributed by atoms with Crippen LogP contribution in [0, 0.1) is 0 Å². The van der Waals surface area contributed by atoms with Gasteiger partial charge in [-0.25, -0.2) is 0 Å². The summed E-state index contributed by atoms with van der Waals surface area (Å²) in [6.07, 6.45) is 1.13. The topological polar surface area (TPSA) is 23.5 Å². The van der Waals surface area contributed by atoms with E-state index in [0.29, 0.717) is 12.0 Å². The van der Waals surface area contributed by atoms with Gasteiger partial charge in [-0.1, -0.05) is 61.5 Å². The van der Waals surface area contributed by atoms with Crippen molar-refractivity contribution < 1.29 is 5.11 Å². The monoisotopic (exact) mass is 295 g/mol. The number of aliphatic hydroxyl groups excluding tert-OH is 1. The Morgan fingerprint density at radius 1 is 1.05 bits per heavy atom. The summed E-state index contributed by atoms with van der Waals surface area (Å²) in [5.74, 6) is 0.546. The fourth-order valence-electron chi connectivity index (χ4n) is 3.78. The average Bonchev–Trinajstić information content (AvgIpc) is 2.58. The first kappa shape index (κ1) is 15.3. The van der Waals surface area contributed by atoms with Gasteiger partial charge in [0.2, 0.25) is 0 Å². The molecule has 2 aromatic rings. The zero-order valence-electron chi connectivity index (χ0n) is 13.4. The molecule has 0 radical (unpaired) electrons. The maximum Gasteiger partial charge on any atom is 0.0628 e. The molecule has 22 heavy (non-hydrogen) atoms. The summed E-state index contributed by atoms with van der Waals surface area (Å²) in [5.41, 5.74) is 4.10. The number of hydrogen-bond donors (Lipinski definition) is 1. The second-order valence-electron chi connectivity index (χ2n) is 6.22. The Morgan fingerprint density at radius 3 is 2.32 bits per heavy atom. The molecule has 0 amide bonds. The van der Waals surface area contributed by atoms with Crippen LogP contribution in [0.3, 0.4) is 0 Å². The van der Waals surface area contributed by atoms with Gasteiger partial charge in [-0.15, -0.1) is 0 Å². The van der Waals surface area contributed by atoms with Crippen molar-refractivity contribution in [3.63, 3.8) is 0 Å². The summed E-state index contributed by atoms with van der Waals surface area (Å²) in [6.45, 7) is 5.68. The van der Waals surface area contributed by atoms with Gasteiger partial charge in [-0.3, -0.25) is 4.90 Å². The summed E-state index contributed by atoms with van der Waals surface area (Å²) in [7, 11) is 0. The highest BCUT2D eigenvalue weighted by molar-refractivity contribution is 5.36. The Morgan fingerprint density at radius 2 is 1.68 bits per heavy atom. The molecule has 3 rings (SSSR count). The molecule has 1 aliphatic rings. The van der Waals surface area contributed by atoms with Gasteiger partial charge in [0.25, 0.3) is 0 Å². The molecule has 2 heteroatoms. The maximum absolute atomic E-state index is 10.0. The van der Waals surface area contributed by atoms with E-state index in [2.05, 4.69) is 67.3 Å². The first-order valence-electron chi connectivity index (χ1n) is 8.26. The molecule has 0 spiro atoms. The first-order chi connectivity index (χ1) is 10.8. The zero-order valence-corrected chi connectivity index (χ0v) is 13.4. The Labute approximate surface area is 133 Å². The number of hydrogen-bond acceptors (Lipinski definition) is 2. The summed E-state index contributed by atoms with van der Waals surface area (Å²) < 4.78 is 0. The SMILES string of the molecule is CC[C@H]1CN([C@@H](CO)c2ccccc2)[C@@H](C)c2ccccc21. The molecule has 0 bridgehead atoms. The highest BCUT2D eigenvalue weighted by atomic mass is 16.3. The fourth-order valence-corrected chi connectivity index (χ4v) is 3.78. The van der Waals surface area contributed by atoms with Crippen molar-refractivity contribution >= 4 is 0 Å². The van der Waals surface area contributed by atoms with Gasteiger partial charge in [0, 0.05) is 12.6 Å². The third-order valence-corrected chi connectivity index (χ3v) is 5.07. The molecule has 1 aliphatic heterocycles. The highest BCUT2D eigenvalue weighted by Crippen LogP contribution is 2.41. The van der Waals surface area contributed by atoms with Crippen LogP contribution in [-0.2, 0) is 0 Å². The molecule has 1 heterocycles. The molecule has 116 valence electrons. The van der Waals surface area contributed by atoms with E-state index in [1.54, 1.807) is 0 Å². The van der Waals surface area contributed by atoms with Crippen molar-refractivity contribution in [2.75, 3.05) is 13.2 Å². The van der Waals surface area contributed by atoms with Gasteiger partial charge < -0.3 is 5.11 Å². The van der Waals surface area contributed by atoms with Gasteiger partial charge in [-0.2, -0.15) is 0 Å². The largest absolute Gasteiger partial charge is 0.394 e. The Kier molecular flexibility index (Phi) is 4.60. The van der Waals surface area contributed by atoms with Crippen molar-refractivity contribution in [3.8, 4) is 0 Å². The molecule has 0 aliphatic carbocycles. The molecule has 0 fully saturated rings. The van der Waals surface area contributed by atoms with E-state index in [0.717, 1.165) is 13.0 Å². The first-order valence-corrected chi connectivity index (χ1v) is 8.26. The average molecular weight is 295 g/mol. The molecule has 2 nitrogen and oxygen atoms in total. The van der Waals surface area contributed by atoms with E-state index in [4.69, 9.17) is 0 Å². The van der Waals surface area contributed by atoms with Gasteiger partial charge in [-0.05, 0) is 36.0 Å². The van der Waals surface area contributed by atoms with Crippen LogP contribution in [0.1, 0.15) is 55.0 Å². The molecule has 2 aromatic carbocycles. The van der Waals surface area contributed by atoms with Gasteiger partial charge >= 0.3 is 0 Å². The fraction of sp³-hybridized carbons (Fsp3) is 0.400. The third-order valence-electron chi connectivity index (χ3n) is 5.07.